The van der Waals surface area contributed by atoms with Crippen LogP contribution in [-0.2, 0) is 0 Å². The van der Waals surface area contributed by atoms with Gasteiger partial charge < -0.3 is 19.9 Å². The number of para-hydroxylation sites is 2. The molecule has 0 radical (unpaired) electrons. The van der Waals surface area contributed by atoms with E-state index in [-0.39, 0.29) is 6.54 Å². The lowest BCUT2D eigenvalue weighted by Gasteiger charge is -2.17. The molecule has 2 N–H and O–H groups in total. The van der Waals surface area contributed by atoms with E-state index < -0.39 is 11.7 Å². The van der Waals surface area contributed by atoms with Crippen LogP contribution in [0.4, 0.5) is 4.79 Å². The molecule has 0 saturated heterocycles. The molecule has 0 aliphatic carbocycles. The van der Waals surface area contributed by atoms with E-state index in [1.165, 1.54) is 7.11 Å². The Bertz CT molecular complexity index is 384. The summed E-state index contributed by atoms with van der Waals surface area (Å²) in [6, 6.07) is 6.84. The quantitative estimate of drug-likeness (QED) is 0.836. The van der Waals surface area contributed by atoms with E-state index in [1.807, 2.05) is 0 Å². The first-order chi connectivity index (χ1) is 7.92. The number of hydrogen-bond donors (Lipinski definition) is 2. The van der Waals surface area contributed by atoms with Gasteiger partial charge in [0.15, 0.2) is 11.5 Å². The van der Waals surface area contributed by atoms with Crippen LogP contribution in [0.1, 0.15) is 13.8 Å². The molecule has 0 heterocycles. The smallest absolute Gasteiger partial charge is 0.412 e. The number of ether oxygens (including phenoxy) is 2. The third-order valence-electron chi connectivity index (χ3n) is 1.94. The van der Waals surface area contributed by atoms with Gasteiger partial charge in [-0.3, -0.25) is 0 Å². The van der Waals surface area contributed by atoms with Crippen molar-refractivity contribution < 1.29 is 19.4 Å². The van der Waals surface area contributed by atoms with Crippen molar-refractivity contribution in [3.8, 4) is 11.5 Å². The van der Waals surface area contributed by atoms with Crippen molar-refractivity contribution >= 4 is 6.09 Å². The molecule has 5 heteroatoms. The van der Waals surface area contributed by atoms with Crippen LogP contribution < -0.4 is 14.8 Å². The fourth-order valence-electron chi connectivity index (χ4n) is 1.13. The molecule has 0 unspecified atom stereocenters. The van der Waals surface area contributed by atoms with Crippen LogP contribution in [0.5, 0.6) is 11.5 Å². The summed E-state index contributed by atoms with van der Waals surface area (Å²) in [5.74, 6) is 0.814. The Balaban J connectivity index is 2.56. The van der Waals surface area contributed by atoms with Crippen LogP contribution >= 0.6 is 0 Å². The average Bonchev–Trinajstić information content (AvgIpc) is 2.26. The van der Waals surface area contributed by atoms with E-state index in [0.717, 1.165) is 0 Å². The summed E-state index contributed by atoms with van der Waals surface area (Å²) in [6.45, 7) is 3.30. The Hall–Kier alpha value is -1.75. The van der Waals surface area contributed by atoms with E-state index in [2.05, 4.69) is 5.32 Å². The summed E-state index contributed by atoms with van der Waals surface area (Å²) < 4.78 is 10.1. The molecule has 0 aromatic heterocycles. The molecule has 0 aliphatic heterocycles. The molecular weight excluding hydrogens is 222 g/mol. The van der Waals surface area contributed by atoms with Crippen molar-refractivity contribution in [1.29, 1.82) is 0 Å². The third kappa shape index (κ3) is 4.74. The van der Waals surface area contributed by atoms with Gasteiger partial charge in [0.25, 0.3) is 0 Å². The summed E-state index contributed by atoms with van der Waals surface area (Å²) in [4.78, 5) is 11.4. The number of nitrogens with one attached hydrogen (secondary N) is 1. The fraction of sp³-hybridized carbons (Fsp3) is 0.417. The second-order valence-corrected chi connectivity index (χ2v) is 4.21. The Morgan fingerprint density at radius 1 is 1.35 bits per heavy atom. The van der Waals surface area contributed by atoms with Crippen molar-refractivity contribution in [2.75, 3.05) is 13.7 Å². The van der Waals surface area contributed by atoms with Crippen LogP contribution in [0.2, 0.25) is 0 Å². The predicted octanol–water partition coefficient (Wildman–Crippen LogP) is 1.55. The molecule has 0 atom stereocenters. The normalized spacial score (nSPS) is 10.8. The van der Waals surface area contributed by atoms with Gasteiger partial charge >= 0.3 is 6.09 Å². The maximum absolute atomic E-state index is 11.4. The first kappa shape index (κ1) is 13.3. The molecule has 17 heavy (non-hydrogen) atoms. The van der Waals surface area contributed by atoms with Crippen LogP contribution in [0, 0.1) is 0 Å². The minimum Gasteiger partial charge on any atom is -0.493 e. The molecule has 0 bridgehead atoms. The molecule has 0 fully saturated rings. The van der Waals surface area contributed by atoms with Gasteiger partial charge in [-0.05, 0) is 26.0 Å². The van der Waals surface area contributed by atoms with E-state index in [4.69, 9.17) is 9.47 Å². The largest absolute Gasteiger partial charge is 0.493 e. The molecule has 0 saturated carbocycles. The van der Waals surface area contributed by atoms with Gasteiger partial charge in [-0.15, -0.1) is 0 Å². The summed E-state index contributed by atoms with van der Waals surface area (Å²) >= 11 is 0. The van der Waals surface area contributed by atoms with Gasteiger partial charge in [0.1, 0.15) is 0 Å². The second kappa shape index (κ2) is 5.54. The Morgan fingerprint density at radius 2 is 1.94 bits per heavy atom. The molecule has 1 amide bonds. The molecule has 1 aromatic carbocycles. The maximum atomic E-state index is 11.4. The molecule has 0 aliphatic rings. The minimum absolute atomic E-state index is 0.112. The van der Waals surface area contributed by atoms with Gasteiger partial charge in [0.2, 0.25) is 0 Å². The number of rotatable bonds is 4. The van der Waals surface area contributed by atoms with Gasteiger partial charge in [-0.2, -0.15) is 0 Å². The first-order valence-corrected chi connectivity index (χ1v) is 5.23. The summed E-state index contributed by atoms with van der Waals surface area (Å²) in [7, 11) is 1.50. The summed E-state index contributed by atoms with van der Waals surface area (Å²) in [5.41, 5.74) is -0.972. The maximum Gasteiger partial charge on any atom is 0.412 e. The molecule has 5 nitrogen and oxygen atoms in total. The highest BCUT2D eigenvalue weighted by Crippen LogP contribution is 2.25. The molecule has 1 aromatic rings. The molecular formula is C12H17NO4. The van der Waals surface area contributed by atoms with E-state index in [9.17, 15) is 9.90 Å². The van der Waals surface area contributed by atoms with Crippen molar-refractivity contribution in [3.63, 3.8) is 0 Å². The lowest BCUT2D eigenvalue weighted by atomic mass is 10.1. The zero-order valence-corrected chi connectivity index (χ0v) is 10.2. The van der Waals surface area contributed by atoms with Crippen LogP contribution in [0.3, 0.4) is 0 Å². The second-order valence-electron chi connectivity index (χ2n) is 4.21. The highest BCUT2D eigenvalue weighted by atomic mass is 16.6. The lowest BCUT2D eigenvalue weighted by Crippen LogP contribution is -2.39. The van der Waals surface area contributed by atoms with Crippen molar-refractivity contribution in [2.24, 2.45) is 0 Å². The van der Waals surface area contributed by atoms with E-state index >= 15 is 0 Å². The molecule has 94 valence electrons. The van der Waals surface area contributed by atoms with Gasteiger partial charge in [-0.25, -0.2) is 4.79 Å². The zero-order valence-electron chi connectivity index (χ0n) is 10.2. The van der Waals surface area contributed by atoms with Crippen LogP contribution in [0.15, 0.2) is 24.3 Å². The summed E-state index contributed by atoms with van der Waals surface area (Å²) in [6.07, 6.45) is -0.628. The van der Waals surface area contributed by atoms with Crippen molar-refractivity contribution in [2.45, 2.75) is 19.4 Å². The average molecular weight is 239 g/mol. The summed E-state index contributed by atoms with van der Waals surface area (Å²) in [5, 5.41) is 11.9. The number of hydrogen-bond acceptors (Lipinski definition) is 4. The van der Waals surface area contributed by atoms with Crippen molar-refractivity contribution in [1.82, 2.24) is 5.32 Å². The van der Waals surface area contributed by atoms with E-state index in [0.29, 0.717) is 11.5 Å². The molecule has 0 spiro atoms. The van der Waals surface area contributed by atoms with Gasteiger partial charge in [0, 0.05) is 6.54 Å². The van der Waals surface area contributed by atoms with Gasteiger partial charge in [0.05, 0.1) is 12.7 Å². The number of carbonyl (C=O) groups is 1. The fourth-order valence-corrected chi connectivity index (χ4v) is 1.13. The Morgan fingerprint density at radius 3 is 2.47 bits per heavy atom. The lowest BCUT2D eigenvalue weighted by molar-refractivity contribution is 0.0791. The predicted molar refractivity (Wildman–Crippen MR) is 63.3 cm³/mol. The SMILES string of the molecule is COc1ccccc1OC(=O)NCC(C)(C)O. The third-order valence-corrected chi connectivity index (χ3v) is 1.94. The minimum atomic E-state index is -0.972. The van der Waals surface area contributed by atoms with E-state index in [1.54, 1.807) is 38.1 Å². The Labute approximate surface area is 100 Å². The molecule has 1 rings (SSSR count). The standard InChI is InChI=1S/C12H17NO4/c1-12(2,15)8-13-11(14)17-10-7-5-4-6-9(10)16-3/h4-7,15H,8H2,1-3H3,(H,13,14). The number of aliphatic hydroxyl groups is 1. The number of carbonyl (C=O) groups excluding carboxylic acids is 1. The highest BCUT2D eigenvalue weighted by Gasteiger charge is 2.15. The van der Waals surface area contributed by atoms with Crippen LogP contribution in [-0.4, -0.2) is 30.5 Å². The number of amides is 1. The zero-order chi connectivity index (χ0) is 12.9. The number of methoxy groups -OCH3 is 1. The first-order valence-electron chi connectivity index (χ1n) is 5.23. The monoisotopic (exact) mass is 239 g/mol. The van der Waals surface area contributed by atoms with Gasteiger partial charge in [-0.1, -0.05) is 12.1 Å². The van der Waals surface area contributed by atoms with Crippen LogP contribution in [0.25, 0.3) is 0 Å². The Kier molecular flexibility index (Phi) is 4.34. The highest BCUT2D eigenvalue weighted by molar-refractivity contribution is 5.71. The topological polar surface area (TPSA) is 67.8 Å². The number of benzene rings is 1. The van der Waals surface area contributed by atoms with Crippen molar-refractivity contribution in [3.05, 3.63) is 24.3 Å².